The third-order valence-electron chi connectivity index (χ3n) is 3.81. The lowest BCUT2D eigenvalue weighted by molar-refractivity contribution is 0.391. The molecule has 0 aliphatic rings. The summed E-state index contributed by atoms with van der Waals surface area (Å²) in [6.45, 7) is 4.97. The fraction of sp³-hybridized carbons (Fsp3) is 0.353. The lowest BCUT2D eigenvalue weighted by Gasteiger charge is -2.11. The van der Waals surface area contributed by atoms with Gasteiger partial charge in [-0.3, -0.25) is 0 Å². The van der Waals surface area contributed by atoms with Gasteiger partial charge in [0.25, 0.3) is 0 Å². The summed E-state index contributed by atoms with van der Waals surface area (Å²) in [6.07, 6.45) is 0.865. The van der Waals surface area contributed by atoms with E-state index in [9.17, 15) is 0 Å². The zero-order chi connectivity index (χ0) is 15.0. The molecule has 0 bridgehead atoms. The molecule has 0 unspecified atom stereocenters. The monoisotopic (exact) mass is 283 g/mol. The number of H-pyrrole nitrogens is 1. The number of nitrogens with one attached hydrogen (secondary N) is 1. The molecule has 0 aliphatic carbocycles. The Hall–Kier alpha value is -2.07. The lowest BCUT2D eigenvalue weighted by Crippen LogP contribution is -2.11. The van der Waals surface area contributed by atoms with E-state index in [0.717, 1.165) is 41.2 Å². The Balaban J connectivity index is 2.28. The van der Waals surface area contributed by atoms with Crippen LogP contribution in [0.2, 0.25) is 0 Å². The number of fused-ring (bicyclic) bond motifs is 1. The SMILES string of the molecule is CCc1noc(C)c1-c1[nH]c2ccccc2c1CN(C)C. The molecule has 0 atom stereocenters. The van der Waals surface area contributed by atoms with Crippen LogP contribution in [-0.4, -0.2) is 29.1 Å². The molecule has 110 valence electrons. The molecule has 0 saturated carbocycles. The van der Waals surface area contributed by atoms with Crippen molar-refractivity contribution in [2.75, 3.05) is 14.1 Å². The largest absolute Gasteiger partial charge is 0.361 e. The van der Waals surface area contributed by atoms with Gasteiger partial charge in [0.15, 0.2) is 0 Å². The maximum absolute atomic E-state index is 5.41. The van der Waals surface area contributed by atoms with Crippen molar-refractivity contribution in [3.05, 3.63) is 41.3 Å². The van der Waals surface area contributed by atoms with Gasteiger partial charge in [0, 0.05) is 17.4 Å². The number of nitrogens with zero attached hydrogens (tertiary/aromatic N) is 2. The van der Waals surface area contributed by atoms with E-state index in [2.05, 4.69) is 60.3 Å². The number of hydrogen-bond acceptors (Lipinski definition) is 3. The third kappa shape index (κ3) is 2.36. The highest BCUT2D eigenvalue weighted by Gasteiger charge is 2.20. The van der Waals surface area contributed by atoms with Gasteiger partial charge in [-0.15, -0.1) is 0 Å². The first kappa shape index (κ1) is 13.9. The standard InChI is InChI=1S/C17H21N3O/c1-5-14-16(11(2)21-19-14)17-13(10-20(3)4)12-8-6-7-9-15(12)18-17/h6-9,18H,5,10H2,1-4H3. The minimum atomic E-state index is 0.865. The molecule has 2 aromatic heterocycles. The molecule has 1 aromatic carbocycles. The molecule has 21 heavy (non-hydrogen) atoms. The number of aromatic nitrogens is 2. The normalized spacial score (nSPS) is 11.7. The van der Waals surface area contributed by atoms with Crippen LogP contribution in [0, 0.1) is 6.92 Å². The first-order chi connectivity index (χ1) is 10.1. The average Bonchev–Trinajstić information content (AvgIpc) is 2.99. The molecule has 2 heterocycles. The van der Waals surface area contributed by atoms with E-state index in [1.165, 1.54) is 10.9 Å². The fourth-order valence-electron chi connectivity index (χ4n) is 2.87. The Morgan fingerprint density at radius 3 is 2.71 bits per heavy atom. The topological polar surface area (TPSA) is 45.1 Å². The van der Waals surface area contributed by atoms with Gasteiger partial charge < -0.3 is 14.4 Å². The Labute approximate surface area is 124 Å². The summed E-state index contributed by atoms with van der Waals surface area (Å²) in [4.78, 5) is 5.75. The summed E-state index contributed by atoms with van der Waals surface area (Å²) >= 11 is 0. The highest BCUT2D eigenvalue weighted by molar-refractivity contribution is 5.91. The van der Waals surface area contributed by atoms with E-state index in [0.29, 0.717) is 0 Å². The van der Waals surface area contributed by atoms with Crippen LogP contribution in [0.15, 0.2) is 28.8 Å². The van der Waals surface area contributed by atoms with Crippen LogP contribution in [-0.2, 0) is 13.0 Å². The van der Waals surface area contributed by atoms with Crippen LogP contribution in [0.25, 0.3) is 22.2 Å². The van der Waals surface area contributed by atoms with Crippen molar-refractivity contribution in [3.63, 3.8) is 0 Å². The van der Waals surface area contributed by atoms with Crippen LogP contribution >= 0.6 is 0 Å². The maximum atomic E-state index is 5.41. The van der Waals surface area contributed by atoms with Gasteiger partial charge in [0.2, 0.25) is 0 Å². The summed E-state index contributed by atoms with van der Waals surface area (Å²) < 4.78 is 5.41. The molecule has 3 aromatic rings. The molecule has 4 heteroatoms. The minimum absolute atomic E-state index is 0.865. The van der Waals surface area contributed by atoms with Gasteiger partial charge in [0.05, 0.1) is 17.0 Å². The molecule has 3 rings (SSSR count). The van der Waals surface area contributed by atoms with Crippen LogP contribution in [0.4, 0.5) is 0 Å². The van der Waals surface area contributed by atoms with Gasteiger partial charge in [-0.2, -0.15) is 0 Å². The Morgan fingerprint density at radius 2 is 2.00 bits per heavy atom. The number of para-hydroxylation sites is 1. The van der Waals surface area contributed by atoms with Gasteiger partial charge in [-0.25, -0.2) is 0 Å². The molecule has 0 fully saturated rings. The zero-order valence-electron chi connectivity index (χ0n) is 13.0. The van der Waals surface area contributed by atoms with E-state index < -0.39 is 0 Å². The number of aryl methyl sites for hydroxylation is 2. The maximum Gasteiger partial charge on any atom is 0.143 e. The van der Waals surface area contributed by atoms with Gasteiger partial charge in [0.1, 0.15) is 5.76 Å². The molecular formula is C17H21N3O. The van der Waals surface area contributed by atoms with Crippen molar-refractivity contribution in [1.82, 2.24) is 15.0 Å². The van der Waals surface area contributed by atoms with E-state index in [4.69, 9.17) is 4.52 Å². The van der Waals surface area contributed by atoms with Crippen LogP contribution in [0.3, 0.4) is 0 Å². The number of benzene rings is 1. The van der Waals surface area contributed by atoms with Crippen LogP contribution in [0.5, 0.6) is 0 Å². The first-order valence-electron chi connectivity index (χ1n) is 7.31. The predicted molar refractivity (Wildman–Crippen MR) is 85.3 cm³/mol. The molecule has 0 spiro atoms. The average molecular weight is 283 g/mol. The minimum Gasteiger partial charge on any atom is -0.361 e. The van der Waals surface area contributed by atoms with E-state index >= 15 is 0 Å². The smallest absolute Gasteiger partial charge is 0.143 e. The highest BCUT2D eigenvalue weighted by atomic mass is 16.5. The second kappa shape index (κ2) is 5.37. The molecule has 0 amide bonds. The fourth-order valence-corrected chi connectivity index (χ4v) is 2.87. The summed E-state index contributed by atoms with van der Waals surface area (Å²) in [6, 6.07) is 8.43. The van der Waals surface area contributed by atoms with E-state index in [-0.39, 0.29) is 0 Å². The first-order valence-corrected chi connectivity index (χ1v) is 7.31. The summed E-state index contributed by atoms with van der Waals surface area (Å²) in [7, 11) is 4.18. The van der Waals surface area contributed by atoms with Crippen molar-refractivity contribution in [3.8, 4) is 11.3 Å². The Bertz CT molecular complexity index is 768. The number of hydrogen-bond donors (Lipinski definition) is 1. The summed E-state index contributed by atoms with van der Waals surface area (Å²) in [5.41, 5.74) is 5.73. The van der Waals surface area contributed by atoms with Crippen molar-refractivity contribution in [1.29, 1.82) is 0 Å². The van der Waals surface area contributed by atoms with Crippen molar-refractivity contribution in [2.45, 2.75) is 26.8 Å². The molecule has 0 aliphatic heterocycles. The van der Waals surface area contributed by atoms with Gasteiger partial charge >= 0.3 is 0 Å². The molecule has 4 nitrogen and oxygen atoms in total. The Kier molecular flexibility index (Phi) is 3.55. The molecule has 1 N–H and O–H groups in total. The van der Waals surface area contributed by atoms with Crippen LogP contribution < -0.4 is 0 Å². The molecular weight excluding hydrogens is 262 g/mol. The lowest BCUT2D eigenvalue weighted by atomic mass is 10.0. The predicted octanol–water partition coefficient (Wildman–Crippen LogP) is 3.76. The second-order valence-corrected chi connectivity index (χ2v) is 5.68. The summed E-state index contributed by atoms with van der Waals surface area (Å²) in [5.74, 6) is 0.874. The third-order valence-corrected chi connectivity index (χ3v) is 3.81. The molecule has 0 radical (unpaired) electrons. The summed E-state index contributed by atoms with van der Waals surface area (Å²) in [5, 5.41) is 5.46. The quantitative estimate of drug-likeness (QED) is 0.793. The Morgan fingerprint density at radius 1 is 1.24 bits per heavy atom. The number of rotatable bonds is 4. The number of aromatic amines is 1. The van der Waals surface area contributed by atoms with E-state index in [1.807, 2.05) is 6.92 Å². The zero-order valence-corrected chi connectivity index (χ0v) is 13.0. The molecule has 0 saturated heterocycles. The van der Waals surface area contributed by atoms with Crippen molar-refractivity contribution >= 4 is 10.9 Å². The van der Waals surface area contributed by atoms with Gasteiger partial charge in [-0.1, -0.05) is 30.3 Å². The van der Waals surface area contributed by atoms with Gasteiger partial charge in [-0.05, 0) is 39.1 Å². The van der Waals surface area contributed by atoms with Crippen molar-refractivity contribution in [2.24, 2.45) is 0 Å². The van der Waals surface area contributed by atoms with Crippen LogP contribution in [0.1, 0.15) is 23.9 Å². The van der Waals surface area contributed by atoms with Crippen molar-refractivity contribution < 1.29 is 4.52 Å². The second-order valence-electron chi connectivity index (χ2n) is 5.68. The van der Waals surface area contributed by atoms with E-state index in [1.54, 1.807) is 0 Å². The highest BCUT2D eigenvalue weighted by Crippen LogP contribution is 2.35.